The fraction of sp³-hybridized carbons (Fsp3) is 0.0500. The molecule has 0 spiro atoms. The van der Waals surface area contributed by atoms with Crippen LogP contribution >= 0.6 is 23.2 Å². The summed E-state index contributed by atoms with van der Waals surface area (Å²) in [5.74, 6) is 0.767. The molecule has 3 aromatic rings. The largest absolute Gasteiger partial charge is 0.497 e. The summed E-state index contributed by atoms with van der Waals surface area (Å²) in [6, 6.07) is 17.6. The van der Waals surface area contributed by atoms with Crippen molar-refractivity contribution in [3.8, 4) is 11.5 Å². The van der Waals surface area contributed by atoms with Crippen molar-refractivity contribution >= 4 is 45.2 Å². The number of methoxy groups -OCH3 is 1. The zero-order valence-electron chi connectivity index (χ0n) is 14.7. The Morgan fingerprint density at radius 3 is 2.21 bits per heavy atom. The molecule has 8 heteroatoms. The third-order valence-electron chi connectivity index (χ3n) is 3.69. The van der Waals surface area contributed by atoms with Crippen molar-refractivity contribution < 1.29 is 17.3 Å². The fourth-order valence-electron chi connectivity index (χ4n) is 2.25. The van der Waals surface area contributed by atoms with Crippen molar-refractivity contribution in [2.75, 3.05) is 7.11 Å². The van der Waals surface area contributed by atoms with Gasteiger partial charge in [0.15, 0.2) is 5.75 Å². The third kappa shape index (κ3) is 5.04. The van der Waals surface area contributed by atoms with E-state index in [9.17, 15) is 8.42 Å². The smallest absolute Gasteiger partial charge is 0.339 e. The van der Waals surface area contributed by atoms with E-state index >= 15 is 0 Å². The van der Waals surface area contributed by atoms with Crippen LogP contribution in [0.5, 0.6) is 11.5 Å². The van der Waals surface area contributed by atoms with E-state index in [1.165, 1.54) is 30.3 Å². The Hall–Kier alpha value is -2.54. The first-order valence-electron chi connectivity index (χ1n) is 8.05. The van der Waals surface area contributed by atoms with Crippen LogP contribution in [0.1, 0.15) is 5.56 Å². The Kier molecular flexibility index (Phi) is 6.24. The minimum Gasteiger partial charge on any atom is -0.497 e. The Balaban J connectivity index is 1.76. The summed E-state index contributed by atoms with van der Waals surface area (Å²) < 4.78 is 34.9. The van der Waals surface area contributed by atoms with Crippen LogP contribution in [0.4, 0.5) is 5.69 Å². The second kappa shape index (κ2) is 8.65. The monoisotopic (exact) mass is 435 g/mol. The summed E-state index contributed by atoms with van der Waals surface area (Å²) in [5, 5.41) is 0.578. The van der Waals surface area contributed by atoms with E-state index in [0.717, 1.165) is 11.4 Å². The van der Waals surface area contributed by atoms with Gasteiger partial charge in [-0.2, -0.15) is 8.42 Å². The predicted octanol–water partition coefficient (Wildman–Crippen LogP) is 5.52. The van der Waals surface area contributed by atoms with Gasteiger partial charge in [0.2, 0.25) is 0 Å². The van der Waals surface area contributed by atoms with Crippen LogP contribution in [-0.2, 0) is 10.1 Å². The second-order valence-electron chi connectivity index (χ2n) is 5.64. The standard InChI is InChI=1S/C20H15Cl2NO4S/c1-26-17-7-5-16(6-8-17)23-13-14-2-11-20(19(22)12-14)27-28(24,25)18-9-3-15(21)4-10-18/h2-13H,1H3. The first-order chi connectivity index (χ1) is 13.4. The van der Waals surface area contributed by atoms with Gasteiger partial charge in [-0.1, -0.05) is 23.2 Å². The maximum atomic E-state index is 12.4. The Morgan fingerprint density at radius 2 is 1.61 bits per heavy atom. The average molecular weight is 436 g/mol. The number of ether oxygens (including phenoxy) is 1. The van der Waals surface area contributed by atoms with E-state index < -0.39 is 10.1 Å². The van der Waals surface area contributed by atoms with Gasteiger partial charge in [0.05, 0.1) is 17.8 Å². The zero-order valence-corrected chi connectivity index (χ0v) is 17.0. The van der Waals surface area contributed by atoms with E-state index in [4.69, 9.17) is 32.1 Å². The highest BCUT2D eigenvalue weighted by molar-refractivity contribution is 7.87. The van der Waals surface area contributed by atoms with Gasteiger partial charge in [-0.25, -0.2) is 0 Å². The molecular formula is C20H15Cl2NO4S. The highest BCUT2D eigenvalue weighted by atomic mass is 35.5. The van der Waals surface area contributed by atoms with E-state index in [1.807, 2.05) is 12.1 Å². The minimum absolute atomic E-state index is 0.0156. The maximum Gasteiger partial charge on any atom is 0.339 e. The molecule has 0 atom stereocenters. The molecule has 0 aromatic heterocycles. The molecule has 0 aliphatic rings. The number of hydrogen-bond acceptors (Lipinski definition) is 5. The molecule has 0 amide bonds. The van der Waals surface area contributed by atoms with Crippen LogP contribution in [0.2, 0.25) is 10.0 Å². The number of aliphatic imine (C=N–C) groups is 1. The highest BCUT2D eigenvalue weighted by Crippen LogP contribution is 2.29. The third-order valence-corrected chi connectivity index (χ3v) is 5.49. The molecule has 0 saturated carbocycles. The van der Waals surface area contributed by atoms with Crippen molar-refractivity contribution in [3.05, 3.63) is 82.3 Å². The topological polar surface area (TPSA) is 65.0 Å². The second-order valence-corrected chi connectivity index (χ2v) is 8.03. The normalized spacial score (nSPS) is 11.5. The molecule has 0 aliphatic carbocycles. The predicted molar refractivity (Wildman–Crippen MR) is 111 cm³/mol. The lowest BCUT2D eigenvalue weighted by atomic mass is 10.2. The Morgan fingerprint density at radius 1 is 0.929 bits per heavy atom. The molecule has 144 valence electrons. The molecule has 0 unspecified atom stereocenters. The van der Waals surface area contributed by atoms with Crippen LogP contribution in [0.25, 0.3) is 0 Å². The number of nitrogens with zero attached hydrogens (tertiary/aromatic N) is 1. The Labute approximate surface area is 173 Å². The van der Waals surface area contributed by atoms with Crippen molar-refractivity contribution in [3.63, 3.8) is 0 Å². The molecule has 0 bridgehead atoms. The quantitative estimate of drug-likeness (QED) is 0.377. The van der Waals surface area contributed by atoms with Gasteiger partial charge in [-0.3, -0.25) is 4.99 Å². The molecule has 28 heavy (non-hydrogen) atoms. The lowest BCUT2D eigenvalue weighted by Gasteiger charge is -2.09. The summed E-state index contributed by atoms with van der Waals surface area (Å²) >= 11 is 12.0. The van der Waals surface area contributed by atoms with Gasteiger partial charge in [0.25, 0.3) is 0 Å². The molecule has 0 heterocycles. The van der Waals surface area contributed by atoms with Crippen molar-refractivity contribution in [1.82, 2.24) is 0 Å². The molecule has 0 fully saturated rings. The van der Waals surface area contributed by atoms with E-state index in [0.29, 0.717) is 10.6 Å². The fourth-order valence-corrected chi connectivity index (χ4v) is 3.60. The SMILES string of the molecule is COc1ccc(N=Cc2ccc(OS(=O)(=O)c3ccc(Cl)cc3)c(Cl)c2)cc1. The average Bonchev–Trinajstić information content (AvgIpc) is 2.69. The minimum atomic E-state index is -4.02. The molecule has 0 N–H and O–H groups in total. The summed E-state index contributed by atoms with van der Waals surface area (Å²) in [6.07, 6.45) is 1.62. The lowest BCUT2D eigenvalue weighted by molar-refractivity contribution is 0.415. The van der Waals surface area contributed by atoms with Crippen molar-refractivity contribution in [2.45, 2.75) is 4.90 Å². The van der Waals surface area contributed by atoms with E-state index in [2.05, 4.69) is 4.99 Å². The molecule has 0 saturated heterocycles. The highest BCUT2D eigenvalue weighted by Gasteiger charge is 2.18. The van der Waals surface area contributed by atoms with Crippen molar-refractivity contribution in [1.29, 1.82) is 0 Å². The van der Waals surface area contributed by atoms with Gasteiger partial charge in [0, 0.05) is 11.2 Å². The summed E-state index contributed by atoms with van der Waals surface area (Å²) in [4.78, 5) is 4.33. The molecule has 3 aromatic carbocycles. The van der Waals surface area contributed by atoms with E-state index in [1.54, 1.807) is 37.6 Å². The molecular weight excluding hydrogens is 421 g/mol. The van der Waals surface area contributed by atoms with Crippen LogP contribution in [0.15, 0.2) is 76.6 Å². The number of rotatable bonds is 6. The lowest BCUT2D eigenvalue weighted by Crippen LogP contribution is -2.10. The molecule has 3 rings (SSSR count). The van der Waals surface area contributed by atoms with Gasteiger partial charge in [-0.05, 0) is 72.3 Å². The first-order valence-corrected chi connectivity index (χ1v) is 10.2. The van der Waals surface area contributed by atoms with Crippen LogP contribution in [-0.4, -0.2) is 21.7 Å². The van der Waals surface area contributed by atoms with Gasteiger partial charge >= 0.3 is 10.1 Å². The van der Waals surface area contributed by atoms with Gasteiger partial charge in [0.1, 0.15) is 10.6 Å². The first kappa shape index (κ1) is 20.2. The van der Waals surface area contributed by atoms with Gasteiger partial charge in [-0.15, -0.1) is 0 Å². The number of halogens is 2. The van der Waals surface area contributed by atoms with Crippen LogP contribution in [0.3, 0.4) is 0 Å². The van der Waals surface area contributed by atoms with Gasteiger partial charge < -0.3 is 8.92 Å². The molecule has 0 radical (unpaired) electrons. The van der Waals surface area contributed by atoms with Crippen LogP contribution < -0.4 is 8.92 Å². The van der Waals surface area contributed by atoms with Crippen molar-refractivity contribution in [2.24, 2.45) is 4.99 Å². The molecule has 0 aliphatic heterocycles. The molecule has 5 nitrogen and oxygen atoms in total. The Bertz CT molecular complexity index is 1100. The summed E-state index contributed by atoms with van der Waals surface area (Å²) in [6.45, 7) is 0. The summed E-state index contributed by atoms with van der Waals surface area (Å²) in [7, 11) is -2.42. The number of hydrogen-bond donors (Lipinski definition) is 0. The van der Waals surface area contributed by atoms with Crippen LogP contribution in [0, 0.1) is 0 Å². The zero-order chi connectivity index (χ0) is 20.1. The van der Waals surface area contributed by atoms with E-state index in [-0.39, 0.29) is 15.7 Å². The number of benzene rings is 3. The summed E-state index contributed by atoms with van der Waals surface area (Å²) in [5.41, 5.74) is 1.43. The maximum absolute atomic E-state index is 12.4.